The summed E-state index contributed by atoms with van der Waals surface area (Å²) in [5.74, 6) is 1.66. The maximum Gasteiger partial charge on any atom is 0.198 e. The average molecular weight is 216 g/mol. The van der Waals surface area contributed by atoms with Crippen LogP contribution in [0.25, 0.3) is 0 Å². The molecule has 1 aromatic carbocycles. The molecule has 1 heterocycles. The first kappa shape index (κ1) is 10.9. The molecule has 0 atom stereocenters. The van der Waals surface area contributed by atoms with E-state index < -0.39 is 0 Å². The highest BCUT2D eigenvalue weighted by molar-refractivity contribution is 5.27. The van der Waals surface area contributed by atoms with E-state index in [1.54, 1.807) is 6.20 Å². The molecule has 0 saturated heterocycles. The lowest BCUT2D eigenvalue weighted by atomic mass is 10.1. The number of hydrogen-bond acceptors (Lipinski definition) is 3. The van der Waals surface area contributed by atoms with Crippen molar-refractivity contribution in [2.75, 3.05) is 7.05 Å². The van der Waals surface area contributed by atoms with Crippen molar-refractivity contribution in [2.45, 2.75) is 19.9 Å². The predicted octanol–water partition coefficient (Wildman–Crippen LogP) is 2.29. The molecule has 0 spiro atoms. The summed E-state index contributed by atoms with van der Waals surface area (Å²) < 4.78 is 5.61. The van der Waals surface area contributed by atoms with E-state index in [1.807, 2.05) is 19.2 Å². The molecule has 1 N–H and O–H groups in total. The minimum absolute atomic E-state index is 0.723. The highest BCUT2D eigenvalue weighted by Gasteiger charge is 2.05. The van der Waals surface area contributed by atoms with E-state index in [2.05, 4.69) is 29.4 Å². The average Bonchev–Trinajstić information content (AvgIpc) is 2.70. The van der Waals surface area contributed by atoms with Crippen LogP contribution in [0.15, 0.2) is 34.9 Å². The van der Waals surface area contributed by atoms with Crippen molar-refractivity contribution < 1.29 is 4.42 Å². The lowest BCUT2D eigenvalue weighted by Gasteiger charge is -2.01. The summed E-state index contributed by atoms with van der Waals surface area (Å²) in [5, 5.41) is 3.04. The molecule has 0 aliphatic heterocycles. The SMILES string of the molecule is CNCc1cnc(Cc2ccccc2C)o1. The monoisotopic (exact) mass is 216 g/mol. The number of hydrogen-bond donors (Lipinski definition) is 1. The molecule has 0 unspecified atom stereocenters. The molecule has 0 aliphatic carbocycles. The number of rotatable bonds is 4. The maximum absolute atomic E-state index is 5.61. The zero-order chi connectivity index (χ0) is 11.4. The largest absolute Gasteiger partial charge is 0.444 e. The minimum Gasteiger partial charge on any atom is -0.444 e. The molecule has 1 aromatic heterocycles. The van der Waals surface area contributed by atoms with Gasteiger partial charge in [0.15, 0.2) is 5.89 Å². The Bertz CT molecular complexity index is 462. The molecule has 0 fully saturated rings. The third-order valence-corrected chi connectivity index (χ3v) is 2.56. The minimum atomic E-state index is 0.723. The molecular formula is C13H16N2O. The van der Waals surface area contributed by atoms with E-state index in [1.165, 1.54) is 11.1 Å². The summed E-state index contributed by atoms with van der Waals surface area (Å²) in [4.78, 5) is 4.26. The molecule has 3 nitrogen and oxygen atoms in total. The van der Waals surface area contributed by atoms with Crippen LogP contribution in [0.3, 0.4) is 0 Å². The van der Waals surface area contributed by atoms with Gasteiger partial charge in [0, 0.05) is 6.42 Å². The summed E-state index contributed by atoms with van der Waals surface area (Å²) in [5.41, 5.74) is 2.54. The Hall–Kier alpha value is -1.61. The quantitative estimate of drug-likeness (QED) is 0.852. The van der Waals surface area contributed by atoms with Gasteiger partial charge < -0.3 is 9.73 Å². The van der Waals surface area contributed by atoms with Crippen LogP contribution in [0.1, 0.15) is 22.8 Å². The molecule has 0 aliphatic rings. The van der Waals surface area contributed by atoms with Crippen molar-refractivity contribution in [3.8, 4) is 0 Å². The molecule has 0 bridgehead atoms. The summed E-state index contributed by atoms with van der Waals surface area (Å²) in [6, 6.07) is 8.30. The molecule has 84 valence electrons. The topological polar surface area (TPSA) is 38.1 Å². The van der Waals surface area contributed by atoms with E-state index in [-0.39, 0.29) is 0 Å². The van der Waals surface area contributed by atoms with Crippen LogP contribution in [-0.2, 0) is 13.0 Å². The van der Waals surface area contributed by atoms with Gasteiger partial charge in [0.2, 0.25) is 0 Å². The van der Waals surface area contributed by atoms with E-state index in [0.717, 1.165) is 24.6 Å². The second kappa shape index (κ2) is 4.94. The van der Waals surface area contributed by atoms with Gasteiger partial charge in [0.1, 0.15) is 5.76 Å². The summed E-state index contributed by atoms with van der Waals surface area (Å²) in [6.07, 6.45) is 2.54. The van der Waals surface area contributed by atoms with Crippen LogP contribution < -0.4 is 5.32 Å². The molecule has 0 saturated carbocycles. The fourth-order valence-electron chi connectivity index (χ4n) is 1.66. The smallest absolute Gasteiger partial charge is 0.198 e. The second-order valence-corrected chi connectivity index (χ2v) is 3.85. The van der Waals surface area contributed by atoms with E-state index in [9.17, 15) is 0 Å². The first-order chi connectivity index (χ1) is 7.79. The number of nitrogens with zero attached hydrogens (tertiary/aromatic N) is 1. The normalized spacial score (nSPS) is 10.6. The Balaban J connectivity index is 2.11. The van der Waals surface area contributed by atoms with E-state index >= 15 is 0 Å². The Kier molecular flexibility index (Phi) is 3.37. The van der Waals surface area contributed by atoms with Crippen LogP contribution in [0, 0.1) is 6.92 Å². The van der Waals surface area contributed by atoms with Crippen LogP contribution >= 0.6 is 0 Å². The van der Waals surface area contributed by atoms with E-state index in [0.29, 0.717) is 0 Å². The highest BCUT2D eigenvalue weighted by Crippen LogP contribution is 2.13. The Labute approximate surface area is 95.5 Å². The van der Waals surface area contributed by atoms with Gasteiger partial charge in [-0.1, -0.05) is 24.3 Å². The number of aromatic nitrogens is 1. The van der Waals surface area contributed by atoms with Crippen molar-refractivity contribution in [1.82, 2.24) is 10.3 Å². The molecule has 2 aromatic rings. The van der Waals surface area contributed by atoms with Gasteiger partial charge in [0.25, 0.3) is 0 Å². The summed E-state index contributed by atoms with van der Waals surface area (Å²) >= 11 is 0. The summed E-state index contributed by atoms with van der Waals surface area (Å²) in [6.45, 7) is 2.83. The van der Waals surface area contributed by atoms with Gasteiger partial charge in [-0.15, -0.1) is 0 Å². The third kappa shape index (κ3) is 2.49. The van der Waals surface area contributed by atoms with Crippen molar-refractivity contribution in [3.05, 3.63) is 53.2 Å². The zero-order valence-corrected chi connectivity index (χ0v) is 9.66. The zero-order valence-electron chi connectivity index (χ0n) is 9.66. The molecule has 2 rings (SSSR count). The fourth-order valence-corrected chi connectivity index (χ4v) is 1.66. The molecule has 16 heavy (non-hydrogen) atoms. The highest BCUT2D eigenvalue weighted by atomic mass is 16.4. The van der Waals surface area contributed by atoms with Gasteiger partial charge in [0.05, 0.1) is 12.7 Å². The van der Waals surface area contributed by atoms with Gasteiger partial charge in [-0.3, -0.25) is 0 Å². The van der Waals surface area contributed by atoms with Gasteiger partial charge in [-0.2, -0.15) is 0 Å². The predicted molar refractivity (Wildman–Crippen MR) is 63.3 cm³/mol. The van der Waals surface area contributed by atoms with Crippen molar-refractivity contribution >= 4 is 0 Å². The van der Waals surface area contributed by atoms with E-state index in [4.69, 9.17) is 4.42 Å². The second-order valence-electron chi connectivity index (χ2n) is 3.85. The van der Waals surface area contributed by atoms with Crippen molar-refractivity contribution in [2.24, 2.45) is 0 Å². The van der Waals surface area contributed by atoms with Gasteiger partial charge in [-0.05, 0) is 25.1 Å². The molecule has 0 amide bonds. The summed E-state index contributed by atoms with van der Waals surface area (Å²) in [7, 11) is 1.89. The third-order valence-electron chi connectivity index (χ3n) is 2.56. The van der Waals surface area contributed by atoms with Crippen LogP contribution in [0.5, 0.6) is 0 Å². The van der Waals surface area contributed by atoms with Crippen molar-refractivity contribution in [1.29, 1.82) is 0 Å². The first-order valence-electron chi connectivity index (χ1n) is 5.42. The van der Waals surface area contributed by atoms with Crippen LogP contribution in [0.4, 0.5) is 0 Å². The fraction of sp³-hybridized carbons (Fsp3) is 0.308. The van der Waals surface area contributed by atoms with Crippen LogP contribution in [-0.4, -0.2) is 12.0 Å². The standard InChI is InChI=1S/C13H16N2O/c1-10-5-3-4-6-11(10)7-13-15-9-12(16-13)8-14-2/h3-6,9,14H,7-8H2,1-2H3. The number of nitrogens with one attached hydrogen (secondary N) is 1. The first-order valence-corrected chi connectivity index (χ1v) is 5.42. The van der Waals surface area contributed by atoms with Gasteiger partial charge >= 0.3 is 0 Å². The molecule has 0 radical (unpaired) electrons. The Morgan fingerprint density at radius 3 is 2.88 bits per heavy atom. The maximum atomic E-state index is 5.61. The Morgan fingerprint density at radius 2 is 2.12 bits per heavy atom. The lowest BCUT2D eigenvalue weighted by Crippen LogP contribution is -2.03. The molecular weight excluding hydrogens is 200 g/mol. The number of oxazole rings is 1. The number of aryl methyl sites for hydroxylation is 1. The van der Waals surface area contributed by atoms with Gasteiger partial charge in [-0.25, -0.2) is 4.98 Å². The number of benzene rings is 1. The molecule has 3 heteroatoms. The Morgan fingerprint density at radius 1 is 1.31 bits per heavy atom. The van der Waals surface area contributed by atoms with Crippen molar-refractivity contribution in [3.63, 3.8) is 0 Å². The lowest BCUT2D eigenvalue weighted by molar-refractivity contribution is 0.454. The van der Waals surface area contributed by atoms with Crippen LogP contribution in [0.2, 0.25) is 0 Å².